The lowest BCUT2D eigenvalue weighted by atomic mass is 10.1. The van der Waals surface area contributed by atoms with Crippen LogP contribution in [0.5, 0.6) is 0 Å². The second-order valence-corrected chi connectivity index (χ2v) is 3.83. The van der Waals surface area contributed by atoms with Gasteiger partial charge < -0.3 is 4.90 Å². The van der Waals surface area contributed by atoms with Gasteiger partial charge in [0.25, 0.3) is 0 Å². The van der Waals surface area contributed by atoms with Crippen LogP contribution in [0.15, 0.2) is 36.1 Å². The van der Waals surface area contributed by atoms with E-state index in [4.69, 9.17) is 5.26 Å². The van der Waals surface area contributed by atoms with Crippen LogP contribution in [0.4, 0.5) is 13.2 Å². The SMILES string of the molecule is C=C(/C(C#N)=C\C(=C)C(F)(F)F)N1CCCC1. The molecule has 1 saturated heterocycles. The number of rotatable bonds is 3. The summed E-state index contributed by atoms with van der Waals surface area (Å²) in [4.78, 5) is 1.82. The Balaban J connectivity index is 2.85. The molecule has 0 spiro atoms. The molecule has 1 aliphatic rings. The van der Waals surface area contributed by atoms with E-state index in [1.165, 1.54) is 0 Å². The Bertz CT molecular complexity index is 393. The average molecular weight is 242 g/mol. The smallest absolute Gasteiger partial charge is 0.371 e. The molecule has 0 atom stereocenters. The molecule has 17 heavy (non-hydrogen) atoms. The molecular weight excluding hydrogens is 229 g/mol. The number of alkyl halides is 3. The zero-order chi connectivity index (χ0) is 13.1. The summed E-state index contributed by atoms with van der Waals surface area (Å²) in [5.41, 5.74) is -0.765. The lowest BCUT2D eigenvalue weighted by Gasteiger charge is -2.19. The van der Waals surface area contributed by atoms with Crippen molar-refractivity contribution in [2.75, 3.05) is 13.1 Å². The van der Waals surface area contributed by atoms with Gasteiger partial charge in [-0.1, -0.05) is 13.2 Å². The van der Waals surface area contributed by atoms with Crippen LogP contribution >= 0.6 is 0 Å². The Morgan fingerprint density at radius 3 is 2.18 bits per heavy atom. The second kappa shape index (κ2) is 5.09. The van der Waals surface area contributed by atoms with E-state index in [1.807, 2.05) is 4.90 Å². The van der Waals surface area contributed by atoms with Crippen LogP contribution in [-0.4, -0.2) is 24.2 Å². The van der Waals surface area contributed by atoms with Gasteiger partial charge in [0.05, 0.1) is 5.57 Å². The summed E-state index contributed by atoms with van der Waals surface area (Å²) in [5.74, 6) is 0. The van der Waals surface area contributed by atoms with E-state index in [0.29, 0.717) is 5.70 Å². The van der Waals surface area contributed by atoms with Gasteiger partial charge in [0.15, 0.2) is 0 Å². The van der Waals surface area contributed by atoms with Crippen LogP contribution in [0, 0.1) is 11.3 Å². The maximum absolute atomic E-state index is 12.3. The Kier molecular flexibility index (Phi) is 4.00. The molecule has 0 aliphatic carbocycles. The van der Waals surface area contributed by atoms with Crippen LogP contribution in [0.25, 0.3) is 0 Å². The average Bonchev–Trinajstić information content (AvgIpc) is 2.76. The number of hydrogen-bond acceptors (Lipinski definition) is 2. The standard InChI is InChI=1S/C12H13F3N2/c1-9(12(13,14)15)7-11(8-16)10(2)17-5-3-4-6-17/h7H,1-6H2/b11-7-. The van der Waals surface area contributed by atoms with Crippen LogP contribution in [0.1, 0.15) is 12.8 Å². The van der Waals surface area contributed by atoms with Crippen LogP contribution in [-0.2, 0) is 0 Å². The van der Waals surface area contributed by atoms with Gasteiger partial charge in [0.2, 0.25) is 0 Å². The van der Waals surface area contributed by atoms with Crippen molar-refractivity contribution in [2.45, 2.75) is 19.0 Å². The van der Waals surface area contributed by atoms with Crippen LogP contribution in [0.2, 0.25) is 0 Å². The Morgan fingerprint density at radius 2 is 1.76 bits per heavy atom. The topological polar surface area (TPSA) is 27.0 Å². The van der Waals surface area contributed by atoms with Crippen molar-refractivity contribution in [3.63, 3.8) is 0 Å². The Morgan fingerprint density at radius 1 is 1.24 bits per heavy atom. The first-order valence-electron chi connectivity index (χ1n) is 5.18. The van der Waals surface area contributed by atoms with Gasteiger partial charge in [-0.3, -0.25) is 0 Å². The summed E-state index contributed by atoms with van der Waals surface area (Å²) in [6, 6.07) is 1.74. The van der Waals surface area contributed by atoms with E-state index in [1.54, 1.807) is 6.07 Å². The van der Waals surface area contributed by atoms with E-state index in [9.17, 15) is 13.2 Å². The molecule has 0 amide bonds. The molecule has 0 saturated carbocycles. The highest BCUT2D eigenvalue weighted by Gasteiger charge is 2.31. The maximum atomic E-state index is 12.3. The lowest BCUT2D eigenvalue weighted by Crippen LogP contribution is -2.19. The molecule has 0 bridgehead atoms. The van der Waals surface area contributed by atoms with Gasteiger partial charge in [0.1, 0.15) is 6.07 Å². The Hall–Kier alpha value is -1.70. The molecule has 92 valence electrons. The molecule has 0 aromatic carbocycles. The third kappa shape index (κ3) is 3.38. The lowest BCUT2D eigenvalue weighted by molar-refractivity contribution is -0.0878. The summed E-state index contributed by atoms with van der Waals surface area (Å²) >= 11 is 0. The fourth-order valence-electron chi connectivity index (χ4n) is 1.59. The van der Waals surface area contributed by atoms with Crippen molar-refractivity contribution < 1.29 is 13.2 Å². The summed E-state index contributed by atoms with van der Waals surface area (Å²) in [6.45, 7) is 8.05. The van der Waals surface area contributed by atoms with Crippen LogP contribution in [0.3, 0.4) is 0 Å². The van der Waals surface area contributed by atoms with E-state index in [0.717, 1.165) is 32.0 Å². The van der Waals surface area contributed by atoms with E-state index >= 15 is 0 Å². The molecule has 0 aromatic rings. The molecule has 1 heterocycles. The van der Waals surface area contributed by atoms with Gasteiger partial charge in [-0.2, -0.15) is 18.4 Å². The molecule has 0 radical (unpaired) electrons. The molecule has 1 fully saturated rings. The number of hydrogen-bond donors (Lipinski definition) is 0. The van der Waals surface area contributed by atoms with Gasteiger partial charge in [-0.05, 0) is 18.9 Å². The third-order valence-corrected chi connectivity index (χ3v) is 2.60. The normalized spacial score (nSPS) is 16.8. The van der Waals surface area contributed by atoms with Crippen molar-refractivity contribution in [2.24, 2.45) is 0 Å². The summed E-state index contributed by atoms with van der Waals surface area (Å²) in [7, 11) is 0. The van der Waals surface area contributed by atoms with E-state index in [2.05, 4.69) is 13.2 Å². The Labute approximate surface area is 98.3 Å². The minimum Gasteiger partial charge on any atom is -0.371 e. The molecule has 1 aliphatic heterocycles. The van der Waals surface area contributed by atoms with Gasteiger partial charge in [-0.25, -0.2) is 0 Å². The quantitative estimate of drug-likeness (QED) is 0.561. The summed E-state index contributed by atoms with van der Waals surface area (Å²) in [6.07, 6.45) is -1.82. The first-order chi connectivity index (χ1) is 7.86. The van der Waals surface area contributed by atoms with Gasteiger partial charge in [0, 0.05) is 24.4 Å². The minimum atomic E-state index is -4.51. The van der Waals surface area contributed by atoms with Crippen molar-refractivity contribution in [1.29, 1.82) is 5.26 Å². The van der Waals surface area contributed by atoms with E-state index in [-0.39, 0.29) is 5.57 Å². The van der Waals surface area contributed by atoms with E-state index < -0.39 is 11.7 Å². The van der Waals surface area contributed by atoms with Crippen molar-refractivity contribution in [3.8, 4) is 6.07 Å². The fourth-order valence-corrected chi connectivity index (χ4v) is 1.59. The highest BCUT2D eigenvalue weighted by atomic mass is 19.4. The molecule has 0 N–H and O–H groups in total. The maximum Gasteiger partial charge on any atom is 0.415 e. The summed E-state index contributed by atoms with van der Waals surface area (Å²) in [5, 5.41) is 8.86. The molecule has 0 unspecified atom stereocenters. The minimum absolute atomic E-state index is 0.0748. The number of nitriles is 1. The number of likely N-dealkylation sites (tertiary alicyclic amines) is 1. The highest BCUT2D eigenvalue weighted by molar-refractivity contribution is 5.44. The summed E-state index contributed by atoms with van der Waals surface area (Å²) < 4.78 is 36.9. The predicted molar refractivity (Wildman–Crippen MR) is 58.8 cm³/mol. The monoisotopic (exact) mass is 242 g/mol. The molecule has 0 aromatic heterocycles. The van der Waals surface area contributed by atoms with Gasteiger partial charge in [-0.15, -0.1) is 0 Å². The zero-order valence-corrected chi connectivity index (χ0v) is 9.35. The first kappa shape index (κ1) is 13.4. The number of allylic oxidation sites excluding steroid dienone is 3. The largest absolute Gasteiger partial charge is 0.415 e. The van der Waals surface area contributed by atoms with Crippen molar-refractivity contribution in [3.05, 3.63) is 36.1 Å². The molecule has 1 rings (SSSR count). The molecular formula is C12H13F3N2. The highest BCUT2D eigenvalue weighted by Crippen LogP contribution is 2.28. The van der Waals surface area contributed by atoms with Crippen molar-refractivity contribution >= 4 is 0 Å². The third-order valence-electron chi connectivity index (χ3n) is 2.60. The predicted octanol–water partition coefficient (Wildman–Crippen LogP) is 3.16. The number of halogens is 3. The fraction of sp³-hybridized carbons (Fsp3) is 0.417. The van der Waals surface area contributed by atoms with Crippen LogP contribution < -0.4 is 0 Å². The van der Waals surface area contributed by atoms with Gasteiger partial charge >= 0.3 is 6.18 Å². The molecule has 2 nitrogen and oxygen atoms in total. The van der Waals surface area contributed by atoms with Crippen molar-refractivity contribution in [1.82, 2.24) is 4.90 Å². The first-order valence-corrected chi connectivity index (χ1v) is 5.18. The number of nitrogens with zero attached hydrogens (tertiary/aromatic N) is 2. The molecule has 5 heteroatoms. The zero-order valence-electron chi connectivity index (χ0n) is 9.35. The second-order valence-electron chi connectivity index (χ2n) is 3.83.